The lowest BCUT2D eigenvalue weighted by atomic mass is 10.1. The molecule has 33 heavy (non-hydrogen) atoms. The van der Waals surface area contributed by atoms with Gasteiger partial charge in [-0.3, -0.25) is 0 Å². The van der Waals surface area contributed by atoms with Gasteiger partial charge in [-0.25, -0.2) is 9.98 Å². The van der Waals surface area contributed by atoms with E-state index in [-0.39, 0.29) is 28.8 Å². The van der Waals surface area contributed by atoms with Gasteiger partial charge < -0.3 is 25.3 Å². The smallest absolute Gasteiger partial charge is 0.160 e. The zero-order valence-electron chi connectivity index (χ0n) is 18.4. The highest BCUT2D eigenvalue weighted by atomic mass is 16.6. The van der Waals surface area contributed by atoms with Crippen molar-refractivity contribution in [1.29, 1.82) is 0 Å². The van der Waals surface area contributed by atoms with Crippen molar-refractivity contribution >= 4 is 17.2 Å². The lowest BCUT2D eigenvalue weighted by Crippen LogP contribution is -2.06. The van der Waals surface area contributed by atoms with Crippen LogP contribution in [-0.2, 0) is 0 Å². The lowest BCUT2D eigenvalue weighted by Gasteiger charge is -2.12. The summed E-state index contributed by atoms with van der Waals surface area (Å²) >= 11 is 0. The maximum Gasteiger partial charge on any atom is 0.160 e. The Morgan fingerprint density at radius 3 is 1.91 bits per heavy atom. The van der Waals surface area contributed by atoms with Crippen molar-refractivity contribution in [3.8, 4) is 28.7 Å². The monoisotopic (exact) mass is 447 g/mol. The topological polar surface area (TPSA) is 141 Å². The molecule has 0 amide bonds. The number of nitrogens with zero attached hydrogens (tertiary/aromatic N) is 2. The van der Waals surface area contributed by atoms with Crippen LogP contribution in [-0.4, -0.2) is 32.0 Å². The molecule has 170 valence electrons. The number of hydrogen-bond acceptors (Lipinski definition) is 7. The fourth-order valence-electron chi connectivity index (χ4n) is 3.14. The highest BCUT2D eigenvalue weighted by molar-refractivity contribution is 6.13. The molecular formula is C25H25N3O5. The molecular weight excluding hydrogens is 422 g/mol. The average molecular weight is 447 g/mol. The largest absolute Gasteiger partial charge is 0.508 e. The summed E-state index contributed by atoms with van der Waals surface area (Å²) in [6.07, 6.45) is 0. The second-order valence-electron chi connectivity index (χ2n) is 7.53. The van der Waals surface area contributed by atoms with Gasteiger partial charge in [0, 0.05) is 28.8 Å². The van der Waals surface area contributed by atoms with E-state index in [4.69, 9.17) is 10.9 Å². The van der Waals surface area contributed by atoms with Gasteiger partial charge in [-0.05, 0) is 74.9 Å². The molecule has 8 heteroatoms. The molecule has 3 aromatic carbocycles. The van der Waals surface area contributed by atoms with Gasteiger partial charge in [0.15, 0.2) is 11.6 Å². The zero-order valence-corrected chi connectivity index (χ0v) is 18.4. The third-order valence-corrected chi connectivity index (χ3v) is 4.82. The Balaban J connectivity index is 2.19. The van der Waals surface area contributed by atoms with Gasteiger partial charge in [-0.2, -0.15) is 5.90 Å². The number of amidine groups is 1. The Labute approximate surface area is 191 Å². The molecule has 6 N–H and O–H groups in total. The van der Waals surface area contributed by atoms with Gasteiger partial charge >= 0.3 is 0 Å². The maximum absolute atomic E-state index is 10.4. The summed E-state index contributed by atoms with van der Waals surface area (Å²) in [5.41, 5.74) is 3.20. The number of allylic oxidation sites excluding steroid dienone is 1. The summed E-state index contributed by atoms with van der Waals surface area (Å²) in [7, 11) is 0. The SMILES string of the molecule is CC(=NC(=NC(=C(C)C)c1ccc(O)cc1O)c1ccc(O)cc1)c1ccc(ON)cc1O. The van der Waals surface area contributed by atoms with Crippen molar-refractivity contribution in [3.05, 3.63) is 82.9 Å². The van der Waals surface area contributed by atoms with Crippen molar-refractivity contribution in [1.82, 2.24) is 0 Å². The molecule has 0 fully saturated rings. The first-order chi connectivity index (χ1) is 15.7. The van der Waals surface area contributed by atoms with Gasteiger partial charge in [0.25, 0.3) is 0 Å². The van der Waals surface area contributed by atoms with Crippen LogP contribution in [0.1, 0.15) is 37.5 Å². The van der Waals surface area contributed by atoms with Gasteiger partial charge in [-0.15, -0.1) is 0 Å². The second-order valence-corrected chi connectivity index (χ2v) is 7.53. The molecule has 0 aliphatic heterocycles. The normalized spacial score (nSPS) is 11.9. The summed E-state index contributed by atoms with van der Waals surface area (Å²) in [4.78, 5) is 14.0. The molecule has 0 radical (unpaired) electrons. The van der Waals surface area contributed by atoms with Crippen molar-refractivity contribution in [2.45, 2.75) is 20.8 Å². The Bertz CT molecular complexity index is 1260. The van der Waals surface area contributed by atoms with Crippen LogP contribution in [0.25, 0.3) is 5.70 Å². The van der Waals surface area contributed by atoms with Crippen molar-refractivity contribution in [3.63, 3.8) is 0 Å². The molecule has 0 unspecified atom stereocenters. The average Bonchev–Trinajstić information content (AvgIpc) is 2.77. The van der Waals surface area contributed by atoms with E-state index >= 15 is 0 Å². The molecule has 0 bridgehead atoms. The molecule has 0 aromatic heterocycles. The summed E-state index contributed by atoms with van der Waals surface area (Å²) in [6, 6.07) is 15.2. The quantitative estimate of drug-likeness (QED) is 0.222. The highest BCUT2D eigenvalue weighted by Crippen LogP contribution is 2.32. The van der Waals surface area contributed by atoms with Gasteiger partial charge in [0.1, 0.15) is 23.0 Å². The number of benzene rings is 3. The molecule has 0 aliphatic rings. The van der Waals surface area contributed by atoms with Crippen molar-refractivity contribution in [2.24, 2.45) is 15.9 Å². The number of phenols is 4. The molecule has 3 aromatic rings. The number of aromatic hydroxyl groups is 4. The molecule has 0 aliphatic carbocycles. The van der Waals surface area contributed by atoms with E-state index in [1.807, 2.05) is 13.8 Å². The first kappa shape index (κ1) is 23.4. The van der Waals surface area contributed by atoms with Crippen LogP contribution in [0.4, 0.5) is 0 Å². The summed E-state index contributed by atoms with van der Waals surface area (Å²) in [6.45, 7) is 5.40. The van der Waals surface area contributed by atoms with Crippen LogP contribution in [0.5, 0.6) is 28.7 Å². The second kappa shape index (κ2) is 9.88. The van der Waals surface area contributed by atoms with E-state index in [0.717, 1.165) is 5.57 Å². The van der Waals surface area contributed by atoms with E-state index in [2.05, 4.69) is 9.83 Å². The minimum Gasteiger partial charge on any atom is -0.508 e. The van der Waals surface area contributed by atoms with Gasteiger partial charge in [0.05, 0.1) is 11.4 Å². The number of hydrogen-bond donors (Lipinski definition) is 5. The zero-order chi connectivity index (χ0) is 24.1. The van der Waals surface area contributed by atoms with Crippen LogP contribution in [0.2, 0.25) is 0 Å². The number of rotatable bonds is 5. The summed E-state index contributed by atoms with van der Waals surface area (Å²) < 4.78 is 0. The minimum absolute atomic E-state index is 0.0668. The fraction of sp³-hybridized carbons (Fsp3) is 0.120. The molecule has 0 spiro atoms. The highest BCUT2D eigenvalue weighted by Gasteiger charge is 2.14. The lowest BCUT2D eigenvalue weighted by molar-refractivity contribution is 0.332. The molecule has 0 saturated heterocycles. The van der Waals surface area contributed by atoms with Gasteiger partial charge in [0.2, 0.25) is 0 Å². The Morgan fingerprint density at radius 2 is 1.33 bits per heavy atom. The van der Waals surface area contributed by atoms with E-state index in [0.29, 0.717) is 33.8 Å². The Kier molecular flexibility index (Phi) is 7.00. The van der Waals surface area contributed by atoms with Crippen LogP contribution in [0.15, 0.2) is 76.2 Å². The number of nitrogens with two attached hydrogens (primary N) is 1. The summed E-state index contributed by atoms with van der Waals surface area (Å²) in [5, 5.41) is 40.1. The first-order valence-corrected chi connectivity index (χ1v) is 10.0. The van der Waals surface area contributed by atoms with E-state index in [1.54, 1.807) is 37.3 Å². The fourth-order valence-corrected chi connectivity index (χ4v) is 3.14. The summed E-state index contributed by atoms with van der Waals surface area (Å²) in [5.74, 6) is 5.56. The molecule has 8 nitrogen and oxygen atoms in total. The predicted octanol–water partition coefficient (Wildman–Crippen LogP) is 4.47. The first-order valence-electron chi connectivity index (χ1n) is 10.0. The molecule has 0 heterocycles. The molecule has 0 saturated carbocycles. The Morgan fingerprint density at radius 1 is 0.727 bits per heavy atom. The van der Waals surface area contributed by atoms with Crippen LogP contribution in [0.3, 0.4) is 0 Å². The van der Waals surface area contributed by atoms with Crippen molar-refractivity contribution in [2.75, 3.05) is 0 Å². The van der Waals surface area contributed by atoms with Gasteiger partial charge in [-0.1, -0.05) is 0 Å². The van der Waals surface area contributed by atoms with Crippen LogP contribution >= 0.6 is 0 Å². The third kappa shape index (κ3) is 5.50. The van der Waals surface area contributed by atoms with Crippen LogP contribution < -0.4 is 10.7 Å². The Hall–Kier alpha value is -4.30. The predicted molar refractivity (Wildman–Crippen MR) is 128 cm³/mol. The number of phenolic OH excluding ortho intramolecular Hbond substituents is 4. The van der Waals surface area contributed by atoms with E-state index < -0.39 is 0 Å². The molecule has 3 rings (SSSR count). The van der Waals surface area contributed by atoms with Crippen molar-refractivity contribution < 1.29 is 25.3 Å². The molecule has 0 atom stereocenters. The van der Waals surface area contributed by atoms with E-state index in [9.17, 15) is 20.4 Å². The maximum atomic E-state index is 10.4. The van der Waals surface area contributed by atoms with Crippen LogP contribution in [0, 0.1) is 0 Å². The third-order valence-electron chi connectivity index (χ3n) is 4.82. The number of aliphatic imine (C=N–C) groups is 2. The van der Waals surface area contributed by atoms with E-state index in [1.165, 1.54) is 30.3 Å². The standard InChI is InChI=1S/C25H25N3O5/c1-14(2)24(21-10-8-18(30)12-22(21)31)28-25(16-4-6-17(29)7-5-16)27-15(3)20-11-9-19(33-26)13-23(20)32/h4-13,29-32H,26H2,1-3H3. The minimum atomic E-state index is -0.129.